The van der Waals surface area contributed by atoms with Gasteiger partial charge in [-0.2, -0.15) is 5.26 Å². The van der Waals surface area contributed by atoms with Gasteiger partial charge >= 0.3 is 0 Å². The minimum Gasteiger partial charge on any atom is -0.381 e. The van der Waals surface area contributed by atoms with E-state index in [-0.39, 0.29) is 5.25 Å². The molecule has 0 bridgehead atoms. The van der Waals surface area contributed by atoms with Crippen LogP contribution in [0.4, 0.5) is 0 Å². The summed E-state index contributed by atoms with van der Waals surface area (Å²) in [6.07, 6.45) is 3.46. The molecule has 2 aliphatic rings. The summed E-state index contributed by atoms with van der Waals surface area (Å²) in [6, 6.07) is 8.81. The van der Waals surface area contributed by atoms with Crippen molar-refractivity contribution in [3.63, 3.8) is 0 Å². The van der Waals surface area contributed by atoms with Crippen LogP contribution >= 0.6 is 0 Å². The lowest BCUT2D eigenvalue weighted by molar-refractivity contribution is 0.0277. The molecule has 124 valence electrons. The fraction of sp³-hybridized carbons (Fsp3) is 0.588. The van der Waals surface area contributed by atoms with Crippen LogP contribution in [0.2, 0.25) is 0 Å². The number of sulfone groups is 1. The number of benzene rings is 1. The highest BCUT2D eigenvalue weighted by Gasteiger charge is 2.33. The molecule has 0 aromatic heterocycles. The Hall–Kier alpha value is -1.42. The van der Waals surface area contributed by atoms with Crippen molar-refractivity contribution in [2.75, 3.05) is 26.3 Å². The van der Waals surface area contributed by atoms with Gasteiger partial charge < -0.3 is 9.64 Å². The number of hydrogen-bond donors (Lipinski definition) is 0. The Morgan fingerprint density at radius 3 is 2.22 bits per heavy atom. The van der Waals surface area contributed by atoms with E-state index in [1.165, 1.54) is 0 Å². The summed E-state index contributed by atoms with van der Waals surface area (Å²) in [5.41, 5.74) is 0.485. The normalized spacial score (nSPS) is 21.9. The molecule has 2 aliphatic heterocycles. The molecule has 0 spiro atoms. The van der Waals surface area contributed by atoms with E-state index in [1.807, 2.05) is 6.07 Å². The van der Waals surface area contributed by atoms with Crippen LogP contribution in [0.3, 0.4) is 0 Å². The van der Waals surface area contributed by atoms with Crippen molar-refractivity contribution in [1.29, 1.82) is 5.26 Å². The minimum atomic E-state index is -3.30. The Balaban J connectivity index is 1.64. The highest BCUT2D eigenvalue weighted by molar-refractivity contribution is 7.92. The van der Waals surface area contributed by atoms with Crippen LogP contribution in [-0.2, 0) is 14.6 Å². The first kappa shape index (κ1) is 16.4. The molecule has 2 fully saturated rings. The third-order valence-electron chi connectivity index (χ3n) is 4.93. The Labute approximate surface area is 137 Å². The summed E-state index contributed by atoms with van der Waals surface area (Å²) < 4.78 is 30.9. The van der Waals surface area contributed by atoms with Gasteiger partial charge in [0.25, 0.3) is 0 Å². The van der Waals surface area contributed by atoms with Gasteiger partial charge in [-0.05, 0) is 63.0 Å². The van der Waals surface area contributed by atoms with E-state index in [9.17, 15) is 8.42 Å². The van der Waals surface area contributed by atoms with Crippen LogP contribution in [0.25, 0.3) is 0 Å². The third-order valence-corrected chi connectivity index (χ3v) is 7.21. The molecule has 0 unspecified atom stereocenters. The van der Waals surface area contributed by atoms with Crippen molar-refractivity contribution in [1.82, 2.24) is 4.90 Å². The molecule has 6 heteroatoms. The van der Waals surface area contributed by atoms with Gasteiger partial charge in [0.15, 0.2) is 9.84 Å². The second kappa shape index (κ2) is 7.00. The minimum absolute atomic E-state index is 0.313. The Bertz CT molecular complexity index is 665. The summed E-state index contributed by atoms with van der Waals surface area (Å²) in [4.78, 5) is 2.76. The number of rotatable bonds is 3. The van der Waals surface area contributed by atoms with Crippen molar-refractivity contribution in [2.24, 2.45) is 0 Å². The van der Waals surface area contributed by atoms with Gasteiger partial charge in [-0.25, -0.2) is 8.42 Å². The molecule has 1 aromatic rings. The number of nitrogens with zero attached hydrogens (tertiary/aromatic N) is 2. The predicted octanol–water partition coefficient (Wildman–Crippen LogP) is 1.98. The maximum Gasteiger partial charge on any atom is 0.181 e. The van der Waals surface area contributed by atoms with Gasteiger partial charge in [0.05, 0.1) is 21.8 Å². The van der Waals surface area contributed by atoms with Gasteiger partial charge in [0, 0.05) is 19.3 Å². The molecule has 1 aromatic carbocycles. The largest absolute Gasteiger partial charge is 0.381 e. The molecular weight excluding hydrogens is 312 g/mol. The average molecular weight is 334 g/mol. The van der Waals surface area contributed by atoms with E-state index >= 15 is 0 Å². The maximum absolute atomic E-state index is 12.7. The van der Waals surface area contributed by atoms with Gasteiger partial charge in [-0.1, -0.05) is 0 Å². The molecule has 2 heterocycles. The zero-order valence-corrected chi connectivity index (χ0v) is 14.0. The van der Waals surface area contributed by atoms with E-state index in [0.717, 1.165) is 39.1 Å². The smallest absolute Gasteiger partial charge is 0.181 e. The second-order valence-electron chi connectivity index (χ2n) is 6.26. The third kappa shape index (κ3) is 3.57. The first-order chi connectivity index (χ1) is 11.1. The van der Waals surface area contributed by atoms with E-state index in [2.05, 4.69) is 4.90 Å². The lowest BCUT2D eigenvalue weighted by Crippen LogP contribution is -2.46. The molecule has 23 heavy (non-hydrogen) atoms. The summed E-state index contributed by atoms with van der Waals surface area (Å²) in [7, 11) is -3.30. The quantitative estimate of drug-likeness (QED) is 0.845. The molecule has 0 amide bonds. The number of nitriles is 1. The Morgan fingerprint density at radius 2 is 1.65 bits per heavy atom. The van der Waals surface area contributed by atoms with Crippen LogP contribution < -0.4 is 0 Å². The molecule has 0 saturated carbocycles. The van der Waals surface area contributed by atoms with Gasteiger partial charge in [0.2, 0.25) is 0 Å². The summed E-state index contributed by atoms with van der Waals surface area (Å²) in [5, 5.41) is 8.51. The van der Waals surface area contributed by atoms with Crippen molar-refractivity contribution >= 4 is 9.84 Å². The van der Waals surface area contributed by atoms with E-state index in [1.54, 1.807) is 24.3 Å². The monoisotopic (exact) mass is 334 g/mol. The second-order valence-corrected chi connectivity index (χ2v) is 8.49. The van der Waals surface area contributed by atoms with Crippen molar-refractivity contribution < 1.29 is 13.2 Å². The van der Waals surface area contributed by atoms with Gasteiger partial charge in [-0.3, -0.25) is 0 Å². The highest BCUT2D eigenvalue weighted by atomic mass is 32.2. The number of piperidine rings is 1. The van der Waals surface area contributed by atoms with E-state index in [0.29, 0.717) is 29.3 Å². The molecule has 0 aliphatic carbocycles. The number of likely N-dealkylation sites (tertiary alicyclic amines) is 1. The Morgan fingerprint density at radius 1 is 1.04 bits per heavy atom. The fourth-order valence-corrected chi connectivity index (χ4v) is 5.24. The van der Waals surface area contributed by atoms with Crippen LogP contribution in [0.5, 0.6) is 0 Å². The lowest BCUT2D eigenvalue weighted by Gasteiger charge is -2.39. The number of ether oxygens (including phenoxy) is 1. The zero-order chi connectivity index (χ0) is 16.3. The lowest BCUT2D eigenvalue weighted by atomic mass is 10.0. The SMILES string of the molecule is N#Cc1ccc(S(=O)(=O)C2CCN(C3CCOCC3)CC2)cc1. The standard InChI is InChI=1S/C17H22N2O3S/c18-13-14-1-3-16(4-2-14)23(20,21)17-5-9-19(10-6-17)15-7-11-22-12-8-15/h1-4,15,17H,5-12H2. The van der Waals surface area contributed by atoms with Gasteiger partial charge in [0.1, 0.15) is 0 Å². The van der Waals surface area contributed by atoms with Crippen molar-refractivity contribution in [2.45, 2.75) is 41.9 Å². The molecule has 0 atom stereocenters. The van der Waals surface area contributed by atoms with E-state index < -0.39 is 9.84 Å². The molecule has 3 rings (SSSR count). The van der Waals surface area contributed by atoms with Crippen molar-refractivity contribution in [3.05, 3.63) is 29.8 Å². The molecule has 2 saturated heterocycles. The first-order valence-corrected chi connectivity index (χ1v) is 9.72. The van der Waals surface area contributed by atoms with Crippen molar-refractivity contribution in [3.8, 4) is 6.07 Å². The highest BCUT2D eigenvalue weighted by Crippen LogP contribution is 2.27. The fourth-order valence-electron chi connectivity index (χ4n) is 3.51. The summed E-state index contributed by atoms with van der Waals surface area (Å²) >= 11 is 0. The van der Waals surface area contributed by atoms with Crippen LogP contribution in [0.15, 0.2) is 29.2 Å². The first-order valence-electron chi connectivity index (χ1n) is 8.17. The predicted molar refractivity (Wildman–Crippen MR) is 86.8 cm³/mol. The summed E-state index contributed by atoms with van der Waals surface area (Å²) in [6.45, 7) is 3.30. The van der Waals surface area contributed by atoms with Crippen LogP contribution in [0, 0.1) is 11.3 Å². The molecule has 0 N–H and O–H groups in total. The summed E-state index contributed by atoms with van der Waals surface area (Å²) in [5.74, 6) is 0. The Kier molecular flexibility index (Phi) is 5.00. The van der Waals surface area contributed by atoms with E-state index in [4.69, 9.17) is 10.00 Å². The topological polar surface area (TPSA) is 70.4 Å². The molecule has 5 nitrogen and oxygen atoms in total. The van der Waals surface area contributed by atoms with Crippen LogP contribution in [-0.4, -0.2) is 50.9 Å². The number of hydrogen-bond acceptors (Lipinski definition) is 5. The zero-order valence-electron chi connectivity index (χ0n) is 13.1. The average Bonchev–Trinajstić information content (AvgIpc) is 2.62. The van der Waals surface area contributed by atoms with Gasteiger partial charge in [-0.15, -0.1) is 0 Å². The van der Waals surface area contributed by atoms with Crippen LogP contribution in [0.1, 0.15) is 31.2 Å². The maximum atomic E-state index is 12.7. The molecule has 0 radical (unpaired) electrons. The molecular formula is C17H22N2O3S.